The van der Waals surface area contributed by atoms with E-state index in [2.05, 4.69) is 0 Å². The fourth-order valence-electron chi connectivity index (χ4n) is 4.25. The van der Waals surface area contributed by atoms with E-state index in [0.29, 0.717) is 0 Å². The lowest BCUT2D eigenvalue weighted by molar-refractivity contribution is -0.135. The molecule has 2 heterocycles. The Labute approximate surface area is 145 Å². The van der Waals surface area contributed by atoms with Crippen molar-refractivity contribution in [1.82, 2.24) is 4.90 Å². The lowest BCUT2D eigenvalue weighted by Crippen LogP contribution is -2.39. The Bertz CT molecular complexity index is 760. The molecule has 1 amide bonds. The van der Waals surface area contributed by atoms with E-state index in [1.54, 1.807) is 18.2 Å². The molecule has 1 aromatic rings. The first-order valence-electron chi connectivity index (χ1n) is 8.74. The first kappa shape index (κ1) is 16.3. The third-order valence-electron chi connectivity index (χ3n) is 5.40. The van der Waals surface area contributed by atoms with Gasteiger partial charge >= 0.3 is 0 Å². The summed E-state index contributed by atoms with van der Waals surface area (Å²) in [5, 5.41) is 9.35. The fourth-order valence-corrected chi connectivity index (χ4v) is 4.25. The van der Waals surface area contributed by atoms with Crippen LogP contribution >= 0.6 is 0 Å². The number of aliphatic hydroxyl groups excluding tert-OH is 1. The van der Waals surface area contributed by atoms with Crippen molar-refractivity contribution in [3.63, 3.8) is 0 Å². The minimum atomic E-state index is -0.828. The standard InChI is InChI=1S/C19H20FNO4/c20-13-7-3-1-5-11(13)16-15-17(23)12-6-2-4-8-14(12)25-18(15)19(24)21(16)9-10-22/h1,3,5,7,12,14,16,22H,2,4,6,8-10H2. The fraction of sp³-hybridized carbons (Fsp3) is 0.474. The lowest BCUT2D eigenvalue weighted by Gasteiger charge is -2.35. The second-order valence-electron chi connectivity index (χ2n) is 6.80. The van der Waals surface area contributed by atoms with Crippen LogP contribution < -0.4 is 0 Å². The Morgan fingerprint density at radius 2 is 1.96 bits per heavy atom. The topological polar surface area (TPSA) is 66.8 Å². The summed E-state index contributed by atoms with van der Waals surface area (Å²) in [5.74, 6) is -1.23. The summed E-state index contributed by atoms with van der Waals surface area (Å²) in [6.07, 6.45) is 3.16. The van der Waals surface area contributed by atoms with Crippen molar-refractivity contribution in [2.24, 2.45) is 5.92 Å². The Kier molecular flexibility index (Phi) is 4.07. The molecule has 0 bridgehead atoms. The molecule has 5 nitrogen and oxygen atoms in total. The maximum Gasteiger partial charge on any atom is 0.290 e. The number of rotatable bonds is 3. The van der Waals surface area contributed by atoms with Gasteiger partial charge in [0.25, 0.3) is 5.91 Å². The first-order valence-corrected chi connectivity index (χ1v) is 8.74. The molecule has 4 rings (SSSR count). The molecule has 0 radical (unpaired) electrons. The van der Waals surface area contributed by atoms with Gasteiger partial charge in [0.1, 0.15) is 11.9 Å². The van der Waals surface area contributed by atoms with Crippen LogP contribution in [-0.2, 0) is 14.3 Å². The number of hydrogen-bond donors (Lipinski definition) is 1. The van der Waals surface area contributed by atoms with Crippen molar-refractivity contribution in [3.8, 4) is 0 Å². The number of fused-ring (bicyclic) bond motifs is 1. The van der Waals surface area contributed by atoms with Gasteiger partial charge in [-0.1, -0.05) is 24.6 Å². The van der Waals surface area contributed by atoms with E-state index in [9.17, 15) is 19.1 Å². The zero-order valence-corrected chi connectivity index (χ0v) is 13.8. The number of ketones is 1. The molecular weight excluding hydrogens is 325 g/mol. The summed E-state index contributed by atoms with van der Waals surface area (Å²) in [5.41, 5.74) is 0.521. The molecule has 1 saturated carbocycles. The highest BCUT2D eigenvalue weighted by Gasteiger charge is 2.52. The Morgan fingerprint density at radius 1 is 1.20 bits per heavy atom. The molecule has 3 aliphatic rings. The maximum absolute atomic E-state index is 14.4. The third-order valence-corrected chi connectivity index (χ3v) is 5.40. The van der Waals surface area contributed by atoms with Crippen LogP contribution in [0, 0.1) is 11.7 Å². The Morgan fingerprint density at radius 3 is 2.72 bits per heavy atom. The highest BCUT2D eigenvalue weighted by atomic mass is 19.1. The van der Waals surface area contributed by atoms with Crippen LogP contribution in [0.1, 0.15) is 37.3 Å². The summed E-state index contributed by atoms with van der Waals surface area (Å²) in [7, 11) is 0. The van der Waals surface area contributed by atoms with Crippen molar-refractivity contribution < 1.29 is 23.8 Å². The van der Waals surface area contributed by atoms with Crippen LogP contribution in [0.2, 0.25) is 0 Å². The smallest absolute Gasteiger partial charge is 0.290 e. The van der Waals surface area contributed by atoms with Crippen molar-refractivity contribution in [1.29, 1.82) is 0 Å². The minimum Gasteiger partial charge on any atom is -0.483 e. The predicted molar refractivity (Wildman–Crippen MR) is 86.8 cm³/mol. The van der Waals surface area contributed by atoms with Crippen LogP contribution in [0.15, 0.2) is 35.6 Å². The lowest BCUT2D eigenvalue weighted by atomic mass is 9.77. The molecule has 3 atom stereocenters. The van der Waals surface area contributed by atoms with E-state index < -0.39 is 17.8 Å². The van der Waals surface area contributed by atoms with Gasteiger partial charge in [-0.3, -0.25) is 9.59 Å². The summed E-state index contributed by atoms with van der Waals surface area (Å²) in [6, 6.07) is 5.31. The van der Waals surface area contributed by atoms with Gasteiger partial charge in [-0.05, 0) is 25.3 Å². The monoisotopic (exact) mass is 345 g/mol. The van der Waals surface area contributed by atoms with Crippen molar-refractivity contribution in [2.75, 3.05) is 13.2 Å². The highest BCUT2D eigenvalue weighted by Crippen LogP contribution is 2.46. The Hall–Kier alpha value is -2.21. The number of β-amino-alcohol motifs (C(OH)–C–C–N with tert-alkyl or cyclic N) is 1. The molecule has 25 heavy (non-hydrogen) atoms. The molecule has 2 aliphatic heterocycles. The first-order chi connectivity index (χ1) is 12.1. The van der Waals surface area contributed by atoms with E-state index in [0.717, 1.165) is 25.7 Å². The van der Waals surface area contributed by atoms with Gasteiger partial charge in [0.05, 0.1) is 24.1 Å². The number of Topliss-reactive ketones (excluding diaryl/α,β-unsaturated/α-hetero) is 1. The van der Waals surface area contributed by atoms with E-state index in [4.69, 9.17) is 4.74 Å². The molecule has 1 aliphatic carbocycles. The van der Waals surface area contributed by atoms with Crippen molar-refractivity contribution in [3.05, 3.63) is 47.0 Å². The number of carbonyl (C=O) groups excluding carboxylic acids is 2. The molecule has 1 fully saturated rings. The average molecular weight is 345 g/mol. The minimum absolute atomic E-state index is 0.0246. The van der Waals surface area contributed by atoms with Gasteiger partial charge in [0.2, 0.25) is 0 Å². The summed E-state index contributed by atoms with van der Waals surface area (Å²) in [6.45, 7) is -0.241. The number of hydrogen-bond acceptors (Lipinski definition) is 4. The second kappa shape index (κ2) is 6.26. The molecular formula is C19H20FNO4. The molecule has 1 N–H and O–H groups in total. The molecule has 0 spiro atoms. The SMILES string of the molecule is O=C1C2=C(OC3CCCCC13)C(=O)N(CCO)C2c1ccccc1F. The maximum atomic E-state index is 14.4. The van der Waals surface area contributed by atoms with Crippen LogP contribution in [-0.4, -0.2) is 41.0 Å². The van der Waals surface area contributed by atoms with Crippen LogP contribution in [0.5, 0.6) is 0 Å². The van der Waals surface area contributed by atoms with Gasteiger partial charge in [0.15, 0.2) is 11.5 Å². The van der Waals surface area contributed by atoms with E-state index >= 15 is 0 Å². The molecule has 132 valence electrons. The summed E-state index contributed by atoms with van der Waals surface area (Å²) >= 11 is 0. The number of halogens is 1. The van der Waals surface area contributed by atoms with Gasteiger partial charge in [-0.15, -0.1) is 0 Å². The number of nitrogens with zero attached hydrogens (tertiary/aromatic N) is 1. The summed E-state index contributed by atoms with van der Waals surface area (Å²) < 4.78 is 20.4. The van der Waals surface area contributed by atoms with Crippen LogP contribution in [0.25, 0.3) is 0 Å². The van der Waals surface area contributed by atoms with Crippen LogP contribution in [0.4, 0.5) is 4.39 Å². The zero-order chi connectivity index (χ0) is 17.6. The Balaban J connectivity index is 1.82. The van der Waals surface area contributed by atoms with Crippen molar-refractivity contribution >= 4 is 11.7 Å². The number of aliphatic hydroxyl groups is 1. The van der Waals surface area contributed by atoms with Gasteiger partial charge in [-0.25, -0.2) is 4.39 Å². The largest absolute Gasteiger partial charge is 0.483 e. The number of amides is 1. The number of benzene rings is 1. The normalized spacial score (nSPS) is 28.7. The van der Waals surface area contributed by atoms with Gasteiger partial charge in [-0.2, -0.15) is 0 Å². The highest BCUT2D eigenvalue weighted by molar-refractivity contribution is 6.11. The van der Waals surface area contributed by atoms with Gasteiger partial charge in [0, 0.05) is 12.1 Å². The number of ether oxygens (including phenoxy) is 1. The molecule has 3 unspecified atom stereocenters. The predicted octanol–water partition coefficient (Wildman–Crippen LogP) is 2.11. The third kappa shape index (κ3) is 2.47. The zero-order valence-electron chi connectivity index (χ0n) is 13.8. The van der Waals surface area contributed by atoms with Crippen molar-refractivity contribution in [2.45, 2.75) is 37.8 Å². The van der Waals surface area contributed by atoms with Crippen LogP contribution in [0.3, 0.4) is 0 Å². The average Bonchev–Trinajstić information content (AvgIpc) is 2.89. The van der Waals surface area contributed by atoms with Gasteiger partial charge < -0.3 is 14.7 Å². The molecule has 6 heteroatoms. The second-order valence-corrected chi connectivity index (χ2v) is 6.80. The van der Waals surface area contributed by atoms with E-state index in [1.807, 2.05) is 0 Å². The summed E-state index contributed by atoms with van der Waals surface area (Å²) in [4.78, 5) is 27.3. The molecule has 1 aromatic carbocycles. The quantitative estimate of drug-likeness (QED) is 0.911. The van der Waals surface area contributed by atoms with E-state index in [-0.39, 0.29) is 47.9 Å². The number of carbonyl (C=O) groups is 2. The van der Waals surface area contributed by atoms with E-state index in [1.165, 1.54) is 11.0 Å². The molecule has 0 aromatic heterocycles. The molecule has 0 saturated heterocycles.